The zero-order valence-corrected chi connectivity index (χ0v) is 22.4. The minimum atomic E-state index is 0.125. The highest BCUT2D eigenvalue weighted by molar-refractivity contribution is 5.95. The van der Waals surface area contributed by atoms with Crippen molar-refractivity contribution in [2.45, 2.75) is 95.3 Å². The number of hydrogen-bond donors (Lipinski definition) is 3. The third kappa shape index (κ3) is 5.21. The second-order valence-electron chi connectivity index (χ2n) is 11.4. The highest BCUT2D eigenvalue weighted by atomic mass is 16.2. The fraction of sp³-hybridized carbons (Fsp3) is 0.586. The number of carbonyl (C=O) groups excluding carboxylic acids is 1. The minimum absolute atomic E-state index is 0.125. The molecule has 2 saturated carbocycles. The van der Waals surface area contributed by atoms with Crippen molar-refractivity contribution < 1.29 is 4.79 Å². The molecular weight excluding hydrogens is 476 g/mol. The van der Waals surface area contributed by atoms with Crippen LogP contribution >= 0.6 is 0 Å². The van der Waals surface area contributed by atoms with Gasteiger partial charge in [-0.25, -0.2) is 4.98 Å². The molecule has 2 aromatic heterocycles. The van der Waals surface area contributed by atoms with Crippen LogP contribution in [0.1, 0.15) is 86.2 Å². The van der Waals surface area contributed by atoms with Crippen LogP contribution in [0.25, 0.3) is 11.2 Å². The second kappa shape index (κ2) is 10.9. The molecule has 3 heterocycles. The monoisotopic (exact) mass is 516 g/mol. The van der Waals surface area contributed by atoms with Gasteiger partial charge in [0.2, 0.25) is 5.95 Å². The lowest BCUT2D eigenvalue weighted by atomic mass is 9.92. The summed E-state index contributed by atoms with van der Waals surface area (Å²) >= 11 is 0. The van der Waals surface area contributed by atoms with Gasteiger partial charge >= 0.3 is 0 Å². The molecule has 0 bridgehead atoms. The molecule has 2 aliphatic carbocycles. The molecule has 9 heteroatoms. The Labute approximate surface area is 224 Å². The summed E-state index contributed by atoms with van der Waals surface area (Å²) < 4.78 is 2.26. The van der Waals surface area contributed by atoms with E-state index in [4.69, 9.17) is 20.7 Å². The number of nitrogens with two attached hydrogens (primary N) is 1. The van der Waals surface area contributed by atoms with Crippen molar-refractivity contribution in [1.29, 1.82) is 0 Å². The molecule has 1 aromatic carbocycles. The van der Waals surface area contributed by atoms with Crippen LogP contribution in [0.5, 0.6) is 0 Å². The minimum Gasteiger partial charge on any atom is -0.365 e. The van der Waals surface area contributed by atoms with Crippen LogP contribution in [0.4, 0.5) is 11.8 Å². The van der Waals surface area contributed by atoms with Gasteiger partial charge in [-0.05, 0) is 69.9 Å². The van der Waals surface area contributed by atoms with E-state index in [0.29, 0.717) is 24.1 Å². The number of aryl methyl sites for hydroxylation is 1. The van der Waals surface area contributed by atoms with Crippen molar-refractivity contribution in [3.63, 3.8) is 0 Å². The maximum atomic E-state index is 13.1. The van der Waals surface area contributed by atoms with E-state index in [1.165, 1.54) is 25.7 Å². The predicted molar refractivity (Wildman–Crippen MR) is 150 cm³/mol. The van der Waals surface area contributed by atoms with Gasteiger partial charge in [-0.15, -0.1) is 0 Å². The lowest BCUT2D eigenvalue weighted by Gasteiger charge is -2.33. The summed E-state index contributed by atoms with van der Waals surface area (Å²) in [7, 11) is 0. The summed E-state index contributed by atoms with van der Waals surface area (Å²) in [6.07, 6.45) is 12.7. The predicted octanol–water partition coefficient (Wildman–Crippen LogP) is 4.65. The number of hydrogen-bond acceptors (Lipinski definition) is 7. The van der Waals surface area contributed by atoms with Gasteiger partial charge in [0.1, 0.15) is 0 Å². The van der Waals surface area contributed by atoms with E-state index in [0.717, 1.165) is 79.7 Å². The summed E-state index contributed by atoms with van der Waals surface area (Å²) in [4.78, 5) is 29.8. The largest absolute Gasteiger partial charge is 0.365 e. The van der Waals surface area contributed by atoms with Crippen LogP contribution in [0, 0.1) is 6.92 Å². The molecule has 4 N–H and O–H groups in total. The average molecular weight is 517 g/mol. The number of carbonyl (C=O) groups is 1. The first-order chi connectivity index (χ1) is 18.5. The molecule has 0 atom stereocenters. The lowest BCUT2D eigenvalue weighted by molar-refractivity contribution is 0.0717. The second-order valence-corrected chi connectivity index (χ2v) is 11.4. The van der Waals surface area contributed by atoms with E-state index in [9.17, 15) is 4.79 Å². The number of fused-ring (bicyclic) bond motifs is 1. The lowest BCUT2D eigenvalue weighted by Crippen LogP contribution is -2.42. The molecule has 3 aliphatic rings. The molecule has 3 fully saturated rings. The third-order valence-corrected chi connectivity index (χ3v) is 8.74. The van der Waals surface area contributed by atoms with Crippen molar-refractivity contribution >= 4 is 28.8 Å². The molecule has 38 heavy (non-hydrogen) atoms. The molecule has 1 amide bonds. The fourth-order valence-electron chi connectivity index (χ4n) is 6.38. The molecular formula is C29H40N8O. The Bertz CT molecular complexity index is 1270. The molecule has 9 nitrogen and oxygen atoms in total. The van der Waals surface area contributed by atoms with Crippen LogP contribution in [-0.2, 0) is 0 Å². The number of anilines is 2. The third-order valence-electron chi connectivity index (χ3n) is 8.74. The summed E-state index contributed by atoms with van der Waals surface area (Å²) in [5, 5.41) is 7.31. The molecule has 1 aliphatic heterocycles. The van der Waals surface area contributed by atoms with E-state index in [1.807, 2.05) is 42.4 Å². The van der Waals surface area contributed by atoms with E-state index in [2.05, 4.69) is 15.2 Å². The van der Waals surface area contributed by atoms with Crippen molar-refractivity contribution in [2.75, 3.05) is 23.7 Å². The van der Waals surface area contributed by atoms with Gasteiger partial charge in [0.25, 0.3) is 5.91 Å². The Morgan fingerprint density at radius 1 is 0.921 bits per heavy atom. The van der Waals surface area contributed by atoms with Gasteiger partial charge in [0.05, 0.1) is 6.33 Å². The maximum absolute atomic E-state index is 13.1. The van der Waals surface area contributed by atoms with Gasteiger partial charge in [-0.3, -0.25) is 4.79 Å². The zero-order valence-electron chi connectivity index (χ0n) is 22.4. The number of nitrogens with one attached hydrogen (secondary N) is 2. The number of likely N-dealkylation sites (tertiary alicyclic amines) is 1. The topological polar surface area (TPSA) is 114 Å². The first kappa shape index (κ1) is 25.1. The number of rotatable bonds is 6. The van der Waals surface area contributed by atoms with Crippen LogP contribution in [-0.4, -0.2) is 61.5 Å². The van der Waals surface area contributed by atoms with E-state index >= 15 is 0 Å². The van der Waals surface area contributed by atoms with E-state index in [-0.39, 0.29) is 11.9 Å². The number of amides is 1. The fourth-order valence-corrected chi connectivity index (χ4v) is 6.38. The maximum Gasteiger partial charge on any atom is 0.254 e. The summed E-state index contributed by atoms with van der Waals surface area (Å²) in [6.45, 7) is 3.45. The van der Waals surface area contributed by atoms with E-state index in [1.54, 1.807) is 0 Å². The van der Waals surface area contributed by atoms with Gasteiger partial charge in [0, 0.05) is 42.8 Å². The summed E-state index contributed by atoms with van der Waals surface area (Å²) in [6, 6.07) is 9.18. The first-order valence-corrected chi connectivity index (χ1v) is 14.4. The van der Waals surface area contributed by atoms with Crippen molar-refractivity contribution in [2.24, 2.45) is 5.73 Å². The highest BCUT2D eigenvalue weighted by Crippen LogP contribution is 2.34. The van der Waals surface area contributed by atoms with Crippen molar-refractivity contribution in [1.82, 2.24) is 24.4 Å². The molecule has 0 radical (unpaired) electrons. The summed E-state index contributed by atoms with van der Waals surface area (Å²) in [5.74, 6) is 1.60. The van der Waals surface area contributed by atoms with Gasteiger partial charge < -0.3 is 25.8 Å². The van der Waals surface area contributed by atoms with Gasteiger partial charge in [-0.2, -0.15) is 9.97 Å². The SMILES string of the molecule is Cc1ccccc1C(=O)N1CCC(Nc2nc(NC3CCC(N)CC3)nc3c2ncn3C2CCCC2)CC1. The Hall–Kier alpha value is -3.20. The number of imidazole rings is 1. The van der Waals surface area contributed by atoms with Crippen LogP contribution in [0.2, 0.25) is 0 Å². The first-order valence-electron chi connectivity index (χ1n) is 14.4. The van der Waals surface area contributed by atoms with Crippen molar-refractivity contribution in [3.8, 4) is 0 Å². The average Bonchev–Trinajstić information content (AvgIpc) is 3.61. The van der Waals surface area contributed by atoms with Gasteiger partial charge in [-0.1, -0.05) is 31.0 Å². The molecule has 3 aromatic rings. The number of benzene rings is 1. The van der Waals surface area contributed by atoms with Crippen LogP contribution < -0.4 is 16.4 Å². The Morgan fingerprint density at radius 3 is 2.37 bits per heavy atom. The molecule has 0 spiro atoms. The molecule has 6 rings (SSSR count). The number of piperidine rings is 1. The normalized spacial score (nSPS) is 23.2. The van der Waals surface area contributed by atoms with Gasteiger partial charge in [0.15, 0.2) is 17.0 Å². The van der Waals surface area contributed by atoms with Crippen molar-refractivity contribution in [3.05, 3.63) is 41.7 Å². The molecule has 1 saturated heterocycles. The smallest absolute Gasteiger partial charge is 0.254 e. The Kier molecular flexibility index (Phi) is 7.19. The quantitative estimate of drug-likeness (QED) is 0.437. The molecule has 0 unspecified atom stereocenters. The van der Waals surface area contributed by atoms with Crippen LogP contribution in [0.15, 0.2) is 30.6 Å². The number of nitrogens with zero attached hydrogens (tertiary/aromatic N) is 5. The van der Waals surface area contributed by atoms with Crippen LogP contribution in [0.3, 0.4) is 0 Å². The Morgan fingerprint density at radius 2 is 1.63 bits per heavy atom. The number of aromatic nitrogens is 4. The Balaban J connectivity index is 1.20. The van der Waals surface area contributed by atoms with E-state index < -0.39 is 0 Å². The highest BCUT2D eigenvalue weighted by Gasteiger charge is 2.27. The standard InChI is InChI=1S/C29H40N8O/c1-19-6-2-5-9-24(19)28(38)36-16-14-22(15-17-36)32-26-25-27(37(18-31-25)23-7-3-4-8-23)35-29(34-26)33-21-12-10-20(30)11-13-21/h2,5-6,9,18,20-23H,3-4,7-8,10-17,30H2,1H3,(H2,32,33,34,35). The summed E-state index contributed by atoms with van der Waals surface area (Å²) in [5.41, 5.74) is 9.71. The zero-order chi connectivity index (χ0) is 26.1. The molecule has 202 valence electrons.